The highest BCUT2D eigenvalue weighted by Crippen LogP contribution is 2.50. The average Bonchev–Trinajstić information content (AvgIpc) is 0.871. The number of fused-ring (bicyclic) bond motifs is 16. The third kappa shape index (κ3) is 9.61. The van der Waals surface area contributed by atoms with Gasteiger partial charge >= 0.3 is 0 Å². The summed E-state index contributed by atoms with van der Waals surface area (Å²) >= 11 is 0. The van der Waals surface area contributed by atoms with Gasteiger partial charge in [0.15, 0.2) is 0 Å². The van der Waals surface area contributed by atoms with Gasteiger partial charge in [-0.15, -0.1) is 0 Å². The summed E-state index contributed by atoms with van der Waals surface area (Å²) in [5, 5.41) is 18.8. The van der Waals surface area contributed by atoms with Gasteiger partial charge in [-0.1, -0.05) is 291 Å². The van der Waals surface area contributed by atoms with Crippen molar-refractivity contribution in [1.82, 2.24) is 0 Å². The number of benzene rings is 18. The maximum Gasteiger partial charge on any atom is 0.136 e. The summed E-state index contributed by atoms with van der Waals surface area (Å²) in [7, 11) is 0. The molecule has 0 bridgehead atoms. The number of rotatable bonds is 8. The molecule has 4 heteroatoms. The van der Waals surface area contributed by atoms with Gasteiger partial charge in [0, 0.05) is 43.1 Å². The molecule has 4 nitrogen and oxygen atoms in total. The molecule has 0 aliphatic carbocycles. The molecule has 0 amide bonds. The molecule has 4 aromatic heterocycles. The molecule has 0 spiro atoms. The number of hydrogen-bond donors (Lipinski definition) is 0. The minimum Gasteiger partial charge on any atom is -0.456 e. The molecule has 0 aliphatic rings. The fraction of sp³-hybridized carbons (Fsp3) is 0. The van der Waals surface area contributed by atoms with Crippen LogP contribution in [-0.4, -0.2) is 0 Å². The van der Waals surface area contributed by atoms with Crippen molar-refractivity contribution in [2.45, 2.75) is 0 Å². The third-order valence-electron chi connectivity index (χ3n) is 21.4. The van der Waals surface area contributed by atoms with Crippen molar-refractivity contribution in [3.05, 3.63) is 364 Å². The Bertz CT molecular complexity index is 6850. The molecule has 22 rings (SSSR count). The van der Waals surface area contributed by atoms with E-state index in [1.807, 2.05) is 36.4 Å². The van der Waals surface area contributed by atoms with E-state index in [1.165, 1.54) is 110 Å². The van der Waals surface area contributed by atoms with Crippen molar-refractivity contribution in [2.24, 2.45) is 0 Å². The lowest BCUT2D eigenvalue weighted by Crippen LogP contribution is -1.91. The van der Waals surface area contributed by atoms with Crippen LogP contribution in [0.5, 0.6) is 0 Å². The summed E-state index contributed by atoms with van der Waals surface area (Å²) in [5.41, 5.74) is 26.3. The monoisotopic (exact) mass is 1320 g/mol. The molecule has 0 unspecified atom stereocenters. The molecule has 22 aromatic rings. The number of hydrogen-bond acceptors (Lipinski definition) is 4. The van der Waals surface area contributed by atoms with Crippen LogP contribution in [0.15, 0.2) is 382 Å². The molecule has 0 atom stereocenters. The minimum absolute atomic E-state index is 0.896. The predicted octanol–water partition coefficient (Wildman–Crippen LogP) is 28.9. The highest BCUT2D eigenvalue weighted by Gasteiger charge is 2.23. The van der Waals surface area contributed by atoms with E-state index in [1.54, 1.807) is 0 Å². The third-order valence-corrected chi connectivity index (χ3v) is 21.4. The standard InChI is InChI=1S/2C50H30O2/c1-2-12-31(13-3-1)32-26-28-33(29-27-32)48-38-18-8-16-34(36-20-10-24-46-49(36)40-14-4-6-22-44(40)51-46)42(38)30-43-35(17-9-19-39(43)48)37-21-11-25-47-50(37)41-15-5-7-23-45(41)52-47;1-2-10-31(11-3-1)32-20-22-33(23-21-32)50-40-16-8-14-36(34-24-26-48-44(28-34)38-12-4-6-18-46(38)51-48)42(40)30-43-37(15-9-17-41(43)50)35-25-27-49-45(29-35)39-13-5-7-19-47(39)52-49/h2*1-30H. The van der Waals surface area contributed by atoms with Crippen molar-refractivity contribution in [2.75, 3.05) is 0 Å². The highest BCUT2D eigenvalue weighted by molar-refractivity contribution is 6.25. The van der Waals surface area contributed by atoms with E-state index in [0.29, 0.717) is 0 Å². The predicted molar refractivity (Wildman–Crippen MR) is 436 cm³/mol. The second-order valence-corrected chi connectivity index (χ2v) is 27.2. The van der Waals surface area contributed by atoms with Crippen LogP contribution in [0.25, 0.3) is 220 Å². The van der Waals surface area contributed by atoms with Gasteiger partial charge in [-0.3, -0.25) is 0 Å². The lowest BCUT2D eigenvalue weighted by Gasteiger charge is -2.18. The van der Waals surface area contributed by atoms with Crippen LogP contribution in [-0.2, 0) is 0 Å². The molecular weight excluding hydrogens is 1270 g/mol. The SMILES string of the molecule is c1ccc(-c2ccc(-c3c4cccc(-c5ccc6oc7ccccc7c6c5)c4cc4c(-c5ccc6oc7ccccc7c6c5)cccc34)cc2)cc1.c1ccc(-c2ccc(-c3c4cccc(-c5cccc6oc7ccccc7c56)c4cc4c(-c5cccc6oc7ccccc7c56)cccc34)cc2)cc1. The molecule has 0 fully saturated rings. The van der Waals surface area contributed by atoms with Crippen LogP contribution >= 0.6 is 0 Å². The largest absolute Gasteiger partial charge is 0.456 e. The van der Waals surface area contributed by atoms with Gasteiger partial charge in [-0.05, 0) is 205 Å². The molecule has 4 heterocycles. The minimum atomic E-state index is 0.896. The fourth-order valence-corrected chi connectivity index (χ4v) is 16.6. The quantitative estimate of drug-likeness (QED) is 0.142. The van der Waals surface area contributed by atoms with E-state index in [9.17, 15) is 0 Å². The lowest BCUT2D eigenvalue weighted by atomic mass is 9.85. The summed E-state index contributed by atoms with van der Waals surface area (Å²) in [6.45, 7) is 0. The first-order valence-electron chi connectivity index (χ1n) is 35.5. The maximum atomic E-state index is 6.37. The average molecular weight is 1330 g/mol. The topological polar surface area (TPSA) is 52.6 Å². The Morgan fingerprint density at radius 1 is 0.125 bits per heavy atom. The lowest BCUT2D eigenvalue weighted by molar-refractivity contribution is 0.668. The van der Waals surface area contributed by atoms with Crippen molar-refractivity contribution < 1.29 is 17.7 Å². The van der Waals surface area contributed by atoms with Gasteiger partial charge in [-0.2, -0.15) is 0 Å². The van der Waals surface area contributed by atoms with Crippen LogP contribution in [0.4, 0.5) is 0 Å². The molecule has 104 heavy (non-hydrogen) atoms. The van der Waals surface area contributed by atoms with E-state index >= 15 is 0 Å². The van der Waals surface area contributed by atoms with E-state index in [4.69, 9.17) is 17.7 Å². The summed E-state index contributed by atoms with van der Waals surface area (Å²) in [6.07, 6.45) is 0. The first-order chi connectivity index (χ1) is 51.6. The molecule has 0 aliphatic heterocycles. The highest BCUT2D eigenvalue weighted by atomic mass is 16.3. The normalized spacial score (nSPS) is 11.8. The Labute approximate surface area is 597 Å². The first-order valence-corrected chi connectivity index (χ1v) is 35.5. The van der Waals surface area contributed by atoms with Crippen molar-refractivity contribution in [3.8, 4) is 89.0 Å². The van der Waals surface area contributed by atoms with E-state index in [-0.39, 0.29) is 0 Å². The molecular formula is C100H60O4. The summed E-state index contributed by atoms with van der Waals surface area (Å²) < 4.78 is 25.2. The number of para-hydroxylation sites is 4. The first kappa shape index (κ1) is 59.1. The van der Waals surface area contributed by atoms with Gasteiger partial charge in [-0.25, -0.2) is 0 Å². The zero-order chi connectivity index (χ0) is 68.3. The van der Waals surface area contributed by atoms with Gasteiger partial charge in [0.1, 0.15) is 44.7 Å². The van der Waals surface area contributed by atoms with Gasteiger partial charge in [0.2, 0.25) is 0 Å². The van der Waals surface area contributed by atoms with E-state index in [2.05, 4.69) is 328 Å². The molecule has 0 N–H and O–H groups in total. The van der Waals surface area contributed by atoms with Crippen LogP contribution in [0, 0.1) is 0 Å². The maximum absolute atomic E-state index is 6.37. The fourth-order valence-electron chi connectivity index (χ4n) is 16.6. The van der Waals surface area contributed by atoms with E-state index in [0.717, 1.165) is 110 Å². The van der Waals surface area contributed by atoms with Gasteiger partial charge < -0.3 is 17.7 Å². The Balaban J connectivity index is 0.000000134. The second kappa shape index (κ2) is 24.0. The molecule has 0 radical (unpaired) electrons. The van der Waals surface area contributed by atoms with Crippen LogP contribution in [0.3, 0.4) is 0 Å². The van der Waals surface area contributed by atoms with Crippen molar-refractivity contribution in [3.63, 3.8) is 0 Å². The molecule has 0 saturated carbocycles. The summed E-state index contributed by atoms with van der Waals surface area (Å²) in [4.78, 5) is 0. The van der Waals surface area contributed by atoms with Crippen molar-refractivity contribution >= 4 is 131 Å². The summed E-state index contributed by atoms with van der Waals surface area (Å²) in [5.74, 6) is 0. The number of furan rings is 4. The van der Waals surface area contributed by atoms with Crippen LogP contribution in [0.1, 0.15) is 0 Å². The van der Waals surface area contributed by atoms with Gasteiger partial charge in [0.05, 0.1) is 0 Å². The zero-order valence-corrected chi connectivity index (χ0v) is 56.3. The van der Waals surface area contributed by atoms with Gasteiger partial charge in [0.25, 0.3) is 0 Å². The van der Waals surface area contributed by atoms with E-state index < -0.39 is 0 Å². The molecule has 18 aromatic carbocycles. The Morgan fingerprint density at radius 2 is 0.385 bits per heavy atom. The molecule has 484 valence electrons. The second-order valence-electron chi connectivity index (χ2n) is 27.2. The zero-order valence-electron chi connectivity index (χ0n) is 56.3. The Morgan fingerprint density at radius 3 is 0.788 bits per heavy atom. The molecule has 0 saturated heterocycles. The van der Waals surface area contributed by atoms with Crippen molar-refractivity contribution in [1.29, 1.82) is 0 Å². The van der Waals surface area contributed by atoms with Crippen LogP contribution in [0.2, 0.25) is 0 Å². The van der Waals surface area contributed by atoms with Crippen LogP contribution < -0.4 is 0 Å². The smallest absolute Gasteiger partial charge is 0.136 e. The Kier molecular flexibility index (Phi) is 13.6. The Hall–Kier alpha value is -13.8. The summed E-state index contributed by atoms with van der Waals surface area (Å²) in [6, 6.07) is 130.